The zero-order valence-electron chi connectivity index (χ0n) is 17.2. The highest BCUT2D eigenvalue weighted by Gasteiger charge is 2.36. The van der Waals surface area contributed by atoms with E-state index in [-0.39, 0.29) is 22.9 Å². The molecule has 3 rings (SSSR count). The lowest BCUT2D eigenvalue weighted by molar-refractivity contribution is -0.127. The van der Waals surface area contributed by atoms with E-state index < -0.39 is 21.8 Å². The van der Waals surface area contributed by atoms with E-state index in [1.54, 1.807) is 20.1 Å². The molecule has 1 amide bonds. The lowest BCUT2D eigenvalue weighted by Gasteiger charge is -2.24. The van der Waals surface area contributed by atoms with Gasteiger partial charge in [-0.2, -0.15) is 0 Å². The number of aryl methyl sites for hydroxylation is 2. The van der Waals surface area contributed by atoms with Crippen LogP contribution in [0, 0.1) is 26.2 Å². The van der Waals surface area contributed by atoms with Crippen molar-refractivity contribution >= 4 is 26.7 Å². The first-order chi connectivity index (χ1) is 14.2. The van der Waals surface area contributed by atoms with Gasteiger partial charge in [-0.05, 0) is 49.2 Å². The summed E-state index contributed by atoms with van der Waals surface area (Å²) >= 11 is 0. The van der Waals surface area contributed by atoms with Crippen LogP contribution in [0.25, 0.3) is 10.8 Å². The number of sulfonamides is 1. The fraction of sp³-hybridized carbons (Fsp3) is 0.273. The zero-order valence-corrected chi connectivity index (χ0v) is 18.0. The third-order valence-corrected chi connectivity index (χ3v) is 6.93. The number of methoxy groups -OCH3 is 1. The van der Waals surface area contributed by atoms with E-state index in [1.165, 1.54) is 13.8 Å². The molecule has 0 saturated carbocycles. The molecule has 0 aliphatic carbocycles. The molecule has 0 spiro atoms. The topological polar surface area (TPSA) is 89.7 Å². The molecular weight excluding hydrogens is 404 g/mol. The molecule has 1 aromatic heterocycles. The molecule has 0 aliphatic rings. The predicted molar refractivity (Wildman–Crippen MR) is 113 cm³/mol. The number of carbonyl (C=O) groups excluding carboxylic acids is 1. The number of amides is 1. The largest absolute Gasteiger partial charge is 0.497 e. The lowest BCUT2D eigenvalue weighted by Crippen LogP contribution is -2.40. The van der Waals surface area contributed by atoms with E-state index in [0.717, 1.165) is 16.5 Å². The molecule has 1 heterocycles. The molecule has 156 valence electrons. The minimum Gasteiger partial charge on any atom is -0.497 e. The van der Waals surface area contributed by atoms with Crippen molar-refractivity contribution in [1.82, 2.24) is 9.46 Å². The van der Waals surface area contributed by atoms with Crippen LogP contribution in [0.1, 0.15) is 29.9 Å². The standard InChI is InChI=1S/C22H22N2O5S/c1-6-11-24(30(26,27)21-15(3)23-29-16(21)4)22(25)14(2)17-7-8-19-13-20(28-5)10-9-18(19)12-17/h1,7-10,12-14H,11H2,2-5H3/t14-/m0/s1. The minimum atomic E-state index is -4.22. The molecule has 0 aliphatic heterocycles. The summed E-state index contributed by atoms with van der Waals surface area (Å²) in [6, 6.07) is 11.1. The molecule has 0 unspecified atom stereocenters. The Morgan fingerprint density at radius 1 is 1.23 bits per heavy atom. The monoisotopic (exact) mass is 426 g/mol. The number of terminal acetylenes is 1. The maximum absolute atomic E-state index is 13.2. The first-order valence-electron chi connectivity index (χ1n) is 9.21. The molecule has 2 aromatic carbocycles. The van der Waals surface area contributed by atoms with E-state index in [4.69, 9.17) is 15.7 Å². The number of carbonyl (C=O) groups is 1. The summed E-state index contributed by atoms with van der Waals surface area (Å²) in [4.78, 5) is 13.1. The Morgan fingerprint density at radius 3 is 2.50 bits per heavy atom. The fourth-order valence-corrected chi connectivity index (χ4v) is 4.99. The number of aromatic nitrogens is 1. The van der Waals surface area contributed by atoms with Crippen molar-refractivity contribution < 1.29 is 22.5 Å². The average Bonchev–Trinajstić information content (AvgIpc) is 3.08. The molecule has 3 aromatic rings. The van der Waals surface area contributed by atoms with Crippen molar-refractivity contribution in [2.24, 2.45) is 0 Å². The third kappa shape index (κ3) is 3.76. The van der Waals surface area contributed by atoms with Gasteiger partial charge in [-0.15, -0.1) is 6.42 Å². The van der Waals surface area contributed by atoms with Crippen LogP contribution in [0.5, 0.6) is 5.75 Å². The summed E-state index contributed by atoms with van der Waals surface area (Å²) in [5.74, 6) is 1.74. The summed E-state index contributed by atoms with van der Waals surface area (Å²) in [6.45, 7) is 4.25. The van der Waals surface area contributed by atoms with E-state index in [1.807, 2.05) is 30.3 Å². The third-order valence-electron chi connectivity index (χ3n) is 4.94. The summed E-state index contributed by atoms with van der Waals surface area (Å²) in [6.07, 6.45) is 5.37. The van der Waals surface area contributed by atoms with E-state index >= 15 is 0 Å². The lowest BCUT2D eigenvalue weighted by atomic mass is 9.97. The van der Waals surface area contributed by atoms with Gasteiger partial charge in [0.2, 0.25) is 5.91 Å². The first kappa shape index (κ1) is 21.4. The predicted octanol–water partition coefficient (Wildman–Crippen LogP) is 3.41. The highest BCUT2D eigenvalue weighted by atomic mass is 32.2. The molecule has 0 saturated heterocycles. The number of benzene rings is 2. The number of rotatable bonds is 6. The Labute approximate surface area is 175 Å². The molecule has 7 nitrogen and oxygen atoms in total. The Kier molecular flexibility index (Phi) is 5.85. The maximum atomic E-state index is 13.2. The molecule has 0 radical (unpaired) electrons. The van der Waals surface area contributed by atoms with Gasteiger partial charge in [0.25, 0.3) is 10.0 Å². The number of nitrogens with zero attached hydrogens (tertiary/aromatic N) is 2. The Balaban J connectivity index is 1.99. The normalized spacial score (nSPS) is 12.4. The summed E-state index contributed by atoms with van der Waals surface area (Å²) in [5, 5.41) is 5.53. The summed E-state index contributed by atoms with van der Waals surface area (Å²) in [5.41, 5.74) is 0.850. The Morgan fingerprint density at radius 2 is 1.90 bits per heavy atom. The molecule has 0 fully saturated rings. The van der Waals surface area contributed by atoms with Crippen LogP contribution >= 0.6 is 0 Å². The number of hydrogen-bond donors (Lipinski definition) is 0. The van der Waals surface area contributed by atoms with Crippen LogP contribution in [0.15, 0.2) is 45.8 Å². The van der Waals surface area contributed by atoms with Gasteiger partial charge in [-0.1, -0.05) is 35.3 Å². The Hall–Kier alpha value is -3.31. The fourth-order valence-electron chi connectivity index (χ4n) is 3.31. The van der Waals surface area contributed by atoms with Crippen molar-refractivity contribution in [3.63, 3.8) is 0 Å². The van der Waals surface area contributed by atoms with Crippen LogP contribution in [0.2, 0.25) is 0 Å². The SMILES string of the molecule is C#CCN(C(=O)[C@@H](C)c1ccc2cc(OC)ccc2c1)S(=O)(=O)c1c(C)noc1C. The second-order valence-electron chi connectivity index (χ2n) is 6.90. The van der Waals surface area contributed by atoms with Crippen LogP contribution in [-0.2, 0) is 14.8 Å². The quantitative estimate of drug-likeness (QED) is 0.561. The van der Waals surface area contributed by atoms with Gasteiger partial charge in [-0.25, -0.2) is 12.7 Å². The average molecular weight is 426 g/mol. The van der Waals surface area contributed by atoms with Gasteiger partial charge in [0.1, 0.15) is 11.4 Å². The molecule has 0 N–H and O–H groups in total. The van der Waals surface area contributed by atoms with Gasteiger partial charge in [0.05, 0.1) is 19.6 Å². The molecule has 8 heteroatoms. The van der Waals surface area contributed by atoms with Gasteiger partial charge < -0.3 is 9.26 Å². The maximum Gasteiger partial charge on any atom is 0.272 e. The van der Waals surface area contributed by atoms with Gasteiger partial charge in [-0.3, -0.25) is 4.79 Å². The van der Waals surface area contributed by atoms with E-state index in [2.05, 4.69) is 11.1 Å². The van der Waals surface area contributed by atoms with Crippen molar-refractivity contribution in [3.8, 4) is 18.1 Å². The molecular formula is C22H22N2O5S. The molecule has 0 bridgehead atoms. The van der Waals surface area contributed by atoms with E-state index in [9.17, 15) is 13.2 Å². The van der Waals surface area contributed by atoms with Crippen molar-refractivity contribution in [3.05, 3.63) is 53.4 Å². The van der Waals surface area contributed by atoms with Crippen LogP contribution in [0.3, 0.4) is 0 Å². The second-order valence-corrected chi connectivity index (χ2v) is 8.70. The van der Waals surface area contributed by atoms with Crippen molar-refractivity contribution in [2.45, 2.75) is 31.6 Å². The highest BCUT2D eigenvalue weighted by molar-refractivity contribution is 7.89. The van der Waals surface area contributed by atoms with Crippen molar-refractivity contribution in [1.29, 1.82) is 0 Å². The summed E-state index contributed by atoms with van der Waals surface area (Å²) in [7, 11) is -2.62. The number of hydrogen-bond acceptors (Lipinski definition) is 6. The van der Waals surface area contributed by atoms with Crippen LogP contribution < -0.4 is 4.74 Å². The highest BCUT2D eigenvalue weighted by Crippen LogP contribution is 2.29. The Bertz CT molecular complexity index is 1230. The first-order valence-corrected chi connectivity index (χ1v) is 10.6. The zero-order chi connectivity index (χ0) is 22.1. The van der Waals surface area contributed by atoms with Crippen molar-refractivity contribution in [2.75, 3.05) is 13.7 Å². The van der Waals surface area contributed by atoms with Gasteiger partial charge in [0, 0.05) is 0 Å². The summed E-state index contributed by atoms with van der Waals surface area (Å²) < 4.78 is 37.3. The second kappa shape index (κ2) is 8.20. The van der Waals surface area contributed by atoms with Crippen LogP contribution in [-0.4, -0.2) is 37.4 Å². The number of fused-ring (bicyclic) bond motifs is 1. The number of ether oxygens (including phenoxy) is 1. The molecule has 30 heavy (non-hydrogen) atoms. The smallest absolute Gasteiger partial charge is 0.272 e. The van der Waals surface area contributed by atoms with Gasteiger partial charge >= 0.3 is 0 Å². The minimum absolute atomic E-state index is 0.106. The van der Waals surface area contributed by atoms with Crippen LogP contribution in [0.4, 0.5) is 0 Å². The van der Waals surface area contributed by atoms with E-state index in [0.29, 0.717) is 9.87 Å². The van der Waals surface area contributed by atoms with Gasteiger partial charge in [0.15, 0.2) is 10.7 Å². The molecule has 1 atom stereocenters.